The maximum absolute atomic E-state index is 6.38. The molecule has 0 amide bonds. The van der Waals surface area contributed by atoms with Crippen LogP contribution in [0.15, 0.2) is 53.7 Å². The van der Waals surface area contributed by atoms with Gasteiger partial charge in [-0.3, -0.25) is 4.57 Å². The topological polar surface area (TPSA) is 56.7 Å². The third-order valence-electron chi connectivity index (χ3n) is 3.43. The Morgan fingerprint density at radius 3 is 2.54 bits per heavy atom. The van der Waals surface area contributed by atoms with E-state index >= 15 is 0 Å². The summed E-state index contributed by atoms with van der Waals surface area (Å²) in [6.07, 6.45) is 0. The minimum atomic E-state index is -0.268. The predicted molar refractivity (Wildman–Crippen MR) is 100.0 cm³/mol. The lowest BCUT2D eigenvalue weighted by atomic mass is 10.2. The Morgan fingerprint density at radius 2 is 1.88 bits per heavy atom. The number of nitrogens with two attached hydrogens (primary N) is 1. The van der Waals surface area contributed by atoms with Crippen molar-refractivity contribution in [1.29, 1.82) is 0 Å². The molecule has 1 aromatic heterocycles. The van der Waals surface area contributed by atoms with Gasteiger partial charge in [-0.15, -0.1) is 10.2 Å². The van der Waals surface area contributed by atoms with Gasteiger partial charge in [0.15, 0.2) is 11.0 Å². The van der Waals surface area contributed by atoms with Crippen molar-refractivity contribution >= 4 is 35.0 Å². The molecular formula is C17H16Cl2N4S. The Labute approximate surface area is 155 Å². The summed E-state index contributed by atoms with van der Waals surface area (Å²) in [7, 11) is 0. The Morgan fingerprint density at radius 1 is 1.12 bits per heavy atom. The van der Waals surface area contributed by atoms with Gasteiger partial charge in [0.2, 0.25) is 0 Å². The lowest BCUT2D eigenvalue weighted by Gasteiger charge is -2.13. The molecule has 1 atom stereocenters. The van der Waals surface area contributed by atoms with Crippen molar-refractivity contribution in [1.82, 2.24) is 14.8 Å². The molecule has 24 heavy (non-hydrogen) atoms. The summed E-state index contributed by atoms with van der Waals surface area (Å²) in [5.41, 5.74) is 8.03. The molecule has 0 spiro atoms. The highest BCUT2D eigenvalue weighted by Crippen LogP contribution is 2.31. The number of nitrogens with zero attached hydrogens (tertiary/aromatic N) is 3. The van der Waals surface area contributed by atoms with Crippen LogP contribution in [0.4, 0.5) is 0 Å². The van der Waals surface area contributed by atoms with E-state index < -0.39 is 0 Å². The fraction of sp³-hybridized carbons (Fsp3) is 0.176. The smallest absolute Gasteiger partial charge is 0.196 e. The van der Waals surface area contributed by atoms with E-state index in [1.807, 2.05) is 35.8 Å². The third-order valence-corrected chi connectivity index (χ3v) is 4.96. The Kier molecular flexibility index (Phi) is 5.46. The zero-order valence-electron chi connectivity index (χ0n) is 13.0. The zero-order valence-corrected chi connectivity index (χ0v) is 15.3. The summed E-state index contributed by atoms with van der Waals surface area (Å²) < 4.78 is 1.90. The predicted octanol–water partition coefficient (Wildman–Crippen LogP) is 4.89. The second kappa shape index (κ2) is 7.57. The summed E-state index contributed by atoms with van der Waals surface area (Å²) in [6.45, 7) is 1.87. The second-order valence-corrected chi connectivity index (χ2v) is 7.12. The highest BCUT2D eigenvalue weighted by atomic mass is 35.5. The van der Waals surface area contributed by atoms with Crippen LogP contribution in [0.2, 0.25) is 10.0 Å². The van der Waals surface area contributed by atoms with Gasteiger partial charge in [0, 0.05) is 10.8 Å². The number of rotatable bonds is 5. The first kappa shape index (κ1) is 17.3. The molecule has 3 rings (SSSR count). The molecule has 2 N–H and O–H groups in total. The first-order valence-corrected chi connectivity index (χ1v) is 9.13. The molecule has 0 saturated heterocycles. The molecule has 0 radical (unpaired) electrons. The lowest BCUT2D eigenvalue weighted by Crippen LogP contribution is -2.13. The van der Waals surface area contributed by atoms with Crippen LogP contribution in [0.25, 0.3) is 5.69 Å². The van der Waals surface area contributed by atoms with Crippen molar-refractivity contribution in [3.05, 3.63) is 70.0 Å². The van der Waals surface area contributed by atoms with Gasteiger partial charge in [0.05, 0.1) is 16.8 Å². The molecule has 0 unspecified atom stereocenters. The first-order valence-electron chi connectivity index (χ1n) is 7.39. The second-order valence-electron chi connectivity index (χ2n) is 5.33. The van der Waals surface area contributed by atoms with Crippen molar-refractivity contribution in [2.24, 2.45) is 5.73 Å². The average Bonchev–Trinajstić information content (AvgIpc) is 2.98. The number of halogens is 2. The van der Waals surface area contributed by atoms with Crippen LogP contribution in [-0.4, -0.2) is 14.8 Å². The molecule has 1 heterocycles. The SMILES string of the molecule is C[C@@H](N)c1nnc(SCc2ccccc2)n1-c1ccc(Cl)cc1Cl. The molecule has 0 fully saturated rings. The monoisotopic (exact) mass is 378 g/mol. The number of aromatic nitrogens is 3. The summed E-state index contributed by atoms with van der Waals surface area (Å²) in [4.78, 5) is 0. The van der Waals surface area contributed by atoms with E-state index in [2.05, 4.69) is 22.3 Å². The highest BCUT2D eigenvalue weighted by molar-refractivity contribution is 7.98. The van der Waals surface area contributed by atoms with Gasteiger partial charge >= 0.3 is 0 Å². The minimum Gasteiger partial charge on any atom is -0.322 e. The Bertz CT molecular complexity index is 834. The van der Waals surface area contributed by atoms with Crippen molar-refractivity contribution in [2.45, 2.75) is 23.9 Å². The normalized spacial score (nSPS) is 12.3. The molecule has 2 aromatic carbocycles. The largest absolute Gasteiger partial charge is 0.322 e. The first-order chi connectivity index (χ1) is 11.6. The Balaban J connectivity index is 1.98. The van der Waals surface area contributed by atoms with Crippen LogP contribution < -0.4 is 5.73 Å². The van der Waals surface area contributed by atoms with Crippen LogP contribution in [0, 0.1) is 0 Å². The van der Waals surface area contributed by atoms with Gasteiger partial charge in [0.25, 0.3) is 0 Å². The molecule has 7 heteroatoms. The Hall–Kier alpha value is -1.53. The summed E-state index contributed by atoms with van der Waals surface area (Å²) in [5, 5.41) is 10.4. The highest BCUT2D eigenvalue weighted by Gasteiger charge is 2.19. The fourth-order valence-corrected chi connectivity index (χ4v) is 3.68. The van der Waals surface area contributed by atoms with E-state index in [0.717, 1.165) is 16.6 Å². The summed E-state index contributed by atoms with van der Waals surface area (Å²) in [6, 6.07) is 15.3. The van der Waals surface area contributed by atoms with Crippen LogP contribution in [0.1, 0.15) is 24.4 Å². The van der Waals surface area contributed by atoms with E-state index in [-0.39, 0.29) is 6.04 Å². The molecule has 0 aliphatic carbocycles. The van der Waals surface area contributed by atoms with Gasteiger partial charge < -0.3 is 5.73 Å². The molecule has 124 valence electrons. The van der Waals surface area contributed by atoms with Crippen molar-refractivity contribution in [2.75, 3.05) is 0 Å². The number of thioether (sulfide) groups is 1. The van der Waals surface area contributed by atoms with E-state index in [4.69, 9.17) is 28.9 Å². The molecule has 0 bridgehead atoms. The van der Waals surface area contributed by atoms with Crippen molar-refractivity contribution in [3.8, 4) is 5.69 Å². The van der Waals surface area contributed by atoms with Crippen LogP contribution in [-0.2, 0) is 5.75 Å². The standard InChI is InChI=1S/C17H16Cl2N4S/c1-11(20)16-21-22-17(24-10-12-5-3-2-4-6-12)23(16)15-8-7-13(18)9-14(15)19/h2-9,11H,10,20H2,1H3/t11-/m1/s1. The van der Waals surface area contributed by atoms with Gasteiger partial charge in [-0.25, -0.2) is 0 Å². The summed E-state index contributed by atoms with van der Waals surface area (Å²) in [5.74, 6) is 1.44. The van der Waals surface area contributed by atoms with Crippen LogP contribution >= 0.6 is 35.0 Å². The number of hydrogen-bond acceptors (Lipinski definition) is 4. The quantitative estimate of drug-likeness (QED) is 0.642. The maximum atomic E-state index is 6.38. The van der Waals surface area contributed by atoms with Gasteiger partial charge in [-0.05, 0) is 30.7 Å². The number of benzene rings is 2. The fourth-order valence-electron chi connectivity index (χ4n) is 2.28. The molecule has 0 aliphatic heterocycles. The van der Waals surface area contributed by atoms with Crippen molar-refractivity contribution < 1.29 is 0 Å². The van der Waals surface area contributed by atoms with Gasteiger partial charge in [0.1, 0.15) is 0 Å². The zero-order chi connectivity index (χ0) is 17.1. The van der Waals surface area contributed by atoms with Gasteiger partial charge in [-0.2, -0.15) is 0 Å². The van der Waals surface area contributed by atoms with Crippen LogP contribution in [0.5, 0.6) is 0 Å². The van der Waals surface area contributed by atoms with E-state index in [1.165, 1.54) is 5.56 Å². The summed E-state index contributed by atoms with van der Waals surface area (Å²) >= 11 is 14.0. The lowest BCUT2D eigenvalue weighted by molar-refractivity contribution is 0.704. The van der Waals surface area contributed by atoms with Crippen LogP contribution in [0.3, 0.4) is 0 Å². The molecule has 3 aromatic rings. The minimum absolute atomic E-state index is 0.268. The maximum Gasteiger partial charge on any atom is 0.196 e. The molecular weight excluding hydrogens is 363 g/mol. The number of hydrogen-bond donors (Lipinski definition) is 1. The van der Waals surface area contributed by atoms with Gasteiger partial charge in [-0.1, -0.05) is 65.3 Å². The van der Waals surface area contributed by atoms with Crippen molar-refractivity contribution in [3.63, 3.8) is 0 Å². The van der Waals surface area contributed by atoms with E-state index in [0.29, 0.717) is 15.9 Å². The molecule has 0 saturated carbocycles. The molecule has 0 aliphatic rings. The van der Waals surface area contributed by atoms with E-state index in [1.54, 1.807) is 23.9 Å². The van der Waals surface area contributed by atoms with E-state index in [9.17, 15) is 0 Å². The third kappa shape index (κ3) is 3.75. The average molecular weight is 379 g/mol. The molecule has 4 nitrogen and oxygen atoms in total.